The highest BCUT2D eigenvalue weighted by molar-refractivity contribution is 6.30. The summed E-state index contributed by atoms with van der Waals surface area (Å²) in [7, 11) is 0. The molecule has 1 fully saturated rings. The highest BCUT2D eigenvalue weighted by atomic mass is 35.5. The second kappa shape index (κ2) is 6.04. The molecule has 1 unspecified atom stereocenters. The van der Waals surface area contributed by atoms with Crippen LogP contribution >= 0.6 is 11.6 Å². The maximum absolute atomic E-state index is 12.6. The number of hydrogen-bond acceptors (Lipinski definition) is 3. The number of benzene rings is 1. The Hall–Kier alpha value is -2.34. The summed E-state index contributed by atoms with van der Waals surface area (Å²) in [5.74, 6) is -1.35. The van der Waals surface area contributed by atoms with Gasteiger partial charge < -0.3 is 10.0 Å². The summed E-state index contributed by atoms with van der Waals surface area (Å²) in [5, 5.41) is 16.7. The Morgan fingerprint density at radius 1 is 1.35 bits per heavy atom. The molecule has 0 radical (unpaired) electrons. The number of nitrogens with zero attached hydrogens (tertiary/aromatic N) is 2. The second-order valence-electron chi connectivity index (χ2n) is 5.63. The molecule has 6 nitrogen and oxygen atoms in total. The molecule has 1 atom stereocenters. The molecule has 1 aromatic heterocycles. The van der Waals surface area contributed by atoms with Gasteiger partial charge in [0.1, 0.15) is 11.7 Å². The third-order valence-electron chi connectivity index (χ3n) is 3.90. The molecule has 1 aliphatic rings. The smallest absolute Gasteiger partial charge is 0.326 e. The van der Waals surface area contributed by atoms with Crippen LogP contribution in [0.3, 0.4) is 0 Å². The SMILES string of the molecule is CC(C(=O)O)N(C(=O)c1cc(-c2ccc(Cl)cc2)n[nH]1)C1CC1. The highest BCUT2D eigenvalue weighted by Crippen LogP contribution is 2.30. The van der Waals surface area contributed by atoms with Crippen LogP contribution in [-0.2, 0) is 4.79 Å². The lowest BCUT2D eigenvalue weighted by molar-refractivity contribution is -0.141. The summed E-state index contributed by atoms with van der Waals surface area (Å²) in [6, 6.07) is 7.88. The number of carbonyl (C=O) groups excluding carboxylic acids is 1. The third-order valence-corrected chi connectivity index (χ3v) is 4.15. The Bertz CT molecular complexity index is 737. The first kappa shape index (κ1) is 15.6. The Morgan fingerprint density at radius 2 is 2.00 bits per heavy atom. The van der Waals surface area contributed by atoms with Crippen LogP contribution in [0.2, 0.25) is 5.02 Å². The van der Waals surface area contributed by atoms with Gasteiger partial charge >= 0.3 is 5.97 Å². The van der Waals surface area contributed by atoms with Crippen LogP contribution in [0.5, 0.6) is 0 Å². The van der Waals surface area contributed by atoms with E-state index < -0.39 is 12.0 Å². The summed E-state index contributed by atoms with van der Waals surface area (Å²) < 4.78 is 0. The second-order valence-corrected chi connectivity index (χ2v) is 6.07. The average molecular weight is 334 g/mol. The van der Waals surface area contributed by atoms with Crippen molar-refractivity contribution < 1.29 is 14.7 Å². The van der Waals surface area contributed by atoms with Gasteiger partial charge in [0.15, 0.2) is 0 Å². The van der Waals surface area contributed by atoms with Gasteiger partial charge in [0, 0.05) is 16.6 Å². The van der Waals surface area contributed by atoms with Crippen LogP contribution < -0.4 is 0 Å². The van der Waals surface area contributed by atoms with Crippen LogP contribution in [0.25, 0.3) is 11.3 Å². The minimum Gasteiger partial charge on any atom is -0.480 e. The molecule has 120 valence electrons. The number of aromatic amines is 1. The fraction of sp³-hybridized carbons (Fsp3) is 0.312. The molecule has 0 spiro atoms. The molecule has 1 aromatic carbocycles. The van der Waals surface area contributed by atoms with Gasteiger partial charge in [-0.05, 0) is 38.0 Å². The number of rotatable bonds is 5. The van der Waals surface area contributed by atoms with Gasteiger partial charge in [-0.2, -0.15) is 5.10 Å². The number of H-pyrrole nitrogens is 1. The van der Waals surface area contributed by atoms with E-state index in [1.165, 1.54) is 11.8 Å². The summed E-state index contributed by atoms with van der Waals surface area (Å²) in [6.07, 6.45) is 1.67. The fourth-order valence-electron chi connectivity index (χ4n) is 2.47. The number of carboxylic acids is 1. The molecular formula is C16H16ClN3O3. The molecule has 0 saturated heterocycles. The molecule has 2 aromatic rings. The van der Waals surface area contributed by atoms with E-state index in [-0.39, 0.29) is 17.6 Å². The molecule has 1 aliphatic carbocycles. The Morgan fingerprint density at radius 3 is 2.57 bits per heavy atom. The summed E-state index contributed by atoms with van der Waals surface area (Å²) in [4.78, 5) is 25.3. The van der Waals surface area contributed by atoms with Crippen molar-refractivity contribution in [2.75, 3.05) is 0 Å². The minimum atomic E-state index is -1.01. The van der Waals surface area contributed by atoms with Gasteiger partial charge in [0.05, 0.1) is 5.69 Å². The molecule has 3 rings (SSSR count). The first-order valence-electron chi connectivity index (χ1n) is 7.34. The molecule has 2 N–H and O–H groups in total. The van der Waals surface area contributed by atoms with Crippen LogP contribution in [0.4, 0.5) is 0 Å². The number of aliphatic carboxylic acids is 1. The van der Waals surface area contributed by atoms with Gasteiger partial charge in [-0.25, -0.2) is 4.79 Å². The number of carbonyl (C=O) groups is 2. The lowest BCUT2D eigenvalue weighted by Crippen LogP contribution is -2.44. The van der Waals surface area contributed by atoms with Crippen molar-refractivity contribution in [3.05, 3.63) is 41.0 Å². The van der Waals surface area contributed by atoms with E-state index in [9.17, 15) is 14.7 Å². The number of hydrogen-bond donors (Lipinski definition) is 2. The maximum Gasteiger partial charge on any atom is 0.326 e. The van der Waals surface area contributed by atoms with Crippen molar-refractivity contribution in [3.63, 3.8) is 0 Å². The number of halogens is 1. The Labute approximate surface area is 138 Å². The van der Waals surface area contributed by atoms with E-state index in [0.717, 1.165) is 18.4 Å². The van der Waals surface area contributed by atoms with Crippen molar-refractivity contribution in [2.45, 2.75) is 31.8 Å². The summed E-state index contributed by atoms with van der Waals surface area (Å²) in [5.41, 5.74) is 1.73. The van der Waals surface area contributed by atoms with Crippen molar-refractivity contribution in [1.82, 2.24) is 15.1 Å². The molecule has 1 heterocycles. The van der Waals surface area contributed by atoms with Crippen LogP contribution in [0.15, 0.2) is 30.3 Å². The fourth-order valence-corrected chi connectivity index (χ4v) is 2.59. The van der Waals surface area contributed by atoms with Gasteiger partial charge in [-0.15, -0.1) is 0 Å². The predicted octanol–water partition coefficient (Wildman–Crippen LogP) is 2.81. The number of carboxylic acid groups (broad SMARTS) is 1. The standard InChI is InChI=1S/C16H16ClN3O3/c1-9(16(22)23)20(12-6-7-12)15(21)14-8-13(18-19-14)10-2-4-11(17)5-3-10/h2-5,8-9,12H,6-7H2,1H3,(H,18,19)(H,22,23). The summed E-state index contributed by atoms with van der Waals surface area (Å²) in [6.45, 7) is 1.52. The molecular weight excluding hydrogens is 318 g/mol. The quantitative estimate of drug-likeness (QED) is 0.881. The zero-order chi connectivity index (χ0) is 16.6. The number of aromatic nitrogens is 2. The van der Waals surface area contributed by atoms with Gasteiger partial charge in [0.2, 0.25) is 0 Å². The third kappa shape index (κ3) is 3.22. The van der Waals surface area contributed by atoms with Crippen molar-refractivity contribution in [2.24, 2.45) is 0 Å². The number of amides is 1. The Kier molecular flexibility index (Phi) is 4.09. The van der Waals surface area contributed by atoms with E-state index in [1.807, 2.05) is 12.1 Å². The summed E-state index contributed by atoms with van der Waals surface area (Å²) >= 11 is 5.86. The van der Waals surface area contributed by atoms with Gasteiger partial charge in [0.25, 0.3) is 5.91 Å². The first-order chi connectivity index (χ1) is 11.0. The van der Waals surface area contributed by atoms with E-state index in [2.05, 4.69) is 10.2 Å². The molecule has 0 aliphatic heterocycles. The van der Waals surface area contributed by atoms with Crippen LogP contribution in [-0.4, -0.2) is 44.2 Å². The minimum absolute atomic E-state index is 0.00381. The van der Waals surface area contributed by atoms with Crippen LogP contribution in [0, 0.1) is 0 Å². The van der Waals surface area contributed by atoms with Crippen molar-refractivity contribution >= 4 is 23.5 Å². The average Bonchev–Trinajstić information content (AvgIpc) is 3.23. The molecule has 23 heavy (non-hydrogen) atoms. The Balaban J connectivity index is 1.85. The normalized spacial score (nSPS) is 15.2. The topological polar surface area (TPSA) is 86.3 Å². The molecule has 0 bridgehead atoms. The van der Waals surface area contributed by atoms with Gasteiger partial charge in [-0.1, -0.05) is 23.7 Å². The number of nitrogens with one attached hydrogen (secondary N) is 1. The van der Waals surface area contributed by atoms with E-state index in [1.54, 1.807) is 18.2 Å². The van der Waals surface area contributed by atoms with Crippen LogP contribution in [0.1, 0.15) is 30.3 Å². The molecule has 1 amide bonds. The lowest BCUT2D eigenvalue weighted by Gasteiger charge is -2.25. The highest BCUT2D eigenvalue weighted by Gasteiger charge is 2.39. The van der Waals surface area contributed by atoms with E-state index >= 15 is 0 Å². The van der Waals surface area contributed by atoms with Crippen molar-refractivity contribution in [3.8, 4) is 11.3 Å². The molecule has 1 saturated carbocycles. The monoisotopic (exact) mass is 333 g/mol. The zero-order valence-electron chi connectivity index (χ0n) is 12.5. The predicted molar refractivity (Wildman–Crippen MR) is 85.3 cm³/mol. The lowest BCUT2D eigenvalue weighted by atomic mass is 10.1. The first-order valence-corrected chi connectivity index (χ1v) is 7.72. The largest absolute Gasteiger partial charge is 0.480 e. The van der Waals surface area contributed by atoms with Crippen molar-refractivity contribution in [1.29, 1.82) is 0 Å². The van der Waals surface area contributed by atoms with E-state index in [4.69, 9.17) is 11.6 Å². The van der Waals surface area contributed by atoms with E-state index in [0.29, 0.717) is 10.7 Å². The zero-order valence-corrected chi connectivity index (χ0v) is 13.2. The molecule has 7 heteroatoms. The van der Waals surface area contributed by atoms with Gasteiger partial charge in [-0.3, -0.25) is 9.89 Å². The maximum atomic E-state index is 12.6.